The summed E-state index contributed by atoms with van der Waals surface area (Å²) in [5, 5.41) is 12.4. The third kappa shape index (κ3) is 3.61. The van der Waals surface area contributed by atoms with Crippen LogP contribution in [0.3, 0.4) is 0 Å². The Kier molecular flexibility index (Phi) is 5.17. The summed E-state index contributed by atoms with van der Waals surface area (Å²) in [5.74, 6) is 0.251. The Balaban J connectivity index is 1.65. The van der Waals surface area contributed by atoms with E-state index < -0.39 is 0 Å². The molecule has 1 aromatic carbocycles. The maximum absolute atomic E-state index is 12.4. The summed E-state index contributed by atoms with van der Waals surface area (Å²) in [6, 6.07) is 7.03. The highest BCUT2D eigenvalue weighted by molar-refractivity contribution is 6.31. The van der Waals surface area contributed by atoms with Crippen LogP contribution in [0.2, 0.25) is 5.02 Å². The minimum atomic E-state index is -0.175. The number of Topliss-reactive ketones (excluding diaryl/α,β-unsaturated/α-hetero) is 1. The summed E-state index contributed by atoms with van der Waals surface area (Å²) >= 11 is 5.94. The predicted molar refractivity (Wildman–Crippen MR) is 91.7 cm³/mol. The number of nitriles is 1. The standard InChI is InChI=1S/C18H20ClN3O2/c19-13-7-6-12(10-20)15(9-13)21-18(24)11-22-8-2-4-16(22)14-3-1-5-17(14)23/h6-7,9,14,16H,1-5,8,11H2,(H,21,24)/t14-,16-/m0/s1. The lowest BCUT2D eigenvalue weighted by atomic mass is 9.95. The number of nitrogens with zero attached hydrogens (tertiary/aromatic N) is 2. The zero-order valence-electron chi connectivity index (χ0n) is 13.4. The average molecular weight is 346 g/mol. The van der Waals surface area contributed by atoms with Gasteiger partial charge in [-0.15, -0.1) is 0 Å². The second-order valence-electron chi connectivity index (χ2n) is 6.49. The number of carbonyl (C=O) groups excluding carboxylic acids is 2. The Morgan fingerprint density at radius 2 is 2.21 bits per heavy atom. The van der Waals surface area contributed by atoms with Gasteiger partial charge in [-0.05, 0) is 50.4 Å². The van der Waals surface area contributed by atoms with E-state index in [-0.39, 0.29) is 24.4 Å². The van der Waals surface area contributed by atoms with Crippen LogP contribution in [0.25, 0.3) is 0 Å². The summed E-state index contributed by atoms with van der Waals surface area (Å²) in [7, 11) is 0. The van der Waals surface area contributed by atoms with Crippen LogP contribution in [0, 0.1) is 17.2 Å². The molecule has 1 saturated carbocycles. The lowest BCUT2D eigenvalue weighted by molar-refractivity contribution is -0.124. The molecule has 126 valence electrons. The molecule has 6 heteroatoms. The highest BCUT2D eigenvalue weighted by Crippen LogP contribution is 2.33. The van der Waals surface area contributed by atoms with Crippen LogP contribution in [0.1, 0.15) is 37.7 Å². The van der Waals surface area contributed by atoms with E-state index in [4.69, 9.17) is 16.9 Å². The smallest absolute Gasteiger partial charge is 0.238 e. The lowest BCUT2D eigenvalue weighted by Crippen LogP contribution is -2.41. The van der Waals surface area contributed by atoms with Crippen LogP contribution in [0.5, 0.6) is 0 Å². The van der Waals surface area contributed by atoms with Gasteiger partial charge in [-0.1, -0.05) is 11.6 Å². The Labute approximate surface area is 146 Å². The molecule has 1 amide bonds. The fourth-order valence-electron chi connectivity index (χ4n) is 3.85. The molecule has 2 atom stereocenters. The fraction of sp³-hybridized carbons (Fsp3) is 0.500. The first-order valence-electron chi connectivity index (χ1n) is 8.35. The first kappa shape index (κ1) is 16.9. The zero-order valence-corrected chi connectivity index (χ0v) is 14.2. The summed E-state index contributed by atoms with van der Waals surface area (Å²) in [5.41, 5.74) is 0.819. The van der Waals surface area contributed by atoms with E-state index in [1.54, 1.807) is 18.2 Å². The van der Waals surface area contributed by atoms with Crippen LogP contribution in [0.4, 0.5) is 5.69 Å². The van der Waals surface area contributed by atoms with Crippen LogP contribution >= 0.6 is 11.6 Å². The Bertz CT molecular complexity index is 698. The normalized spacial score (nSPS) is 24.1. The molecule has 5 nitrogen and oxygen atoms in total. The molecule has 1 heterocycles. The van der Waals surface area contributed by atoms with Crippen LogP contribution in [-0.2, 0) is 9.59 Å². The highest BCUT2D eigenvalue weighted by Gasteiger charge is 2.38. The quantitative estimate of drug-likeness (QED) is 0.910. The number of nitrogens with one attached hydrogen (secondary N) is 1. The van der Waals surface area contributed by atoms with Crippen LogP contribution < -0.4 is 5.32 Å². The number of benzene rings is 1. The molecule has 0 spiro atoms. The van der Waals surface area contributed by atoms with Gasteiger partial charge < -0.3 is 5.32 Å². The van der Waals surface area contributed by atoms with Gasteiger partial charge in [0.1, 0.15) is 11.9 Å². The summed E-state index contributed by atoms with van der Waals surface area (Å²) < 4.78 is 0. The van der Waals surface area contributed by atoms with Crippen molar-refractivity contribution in [2.45, 2.75) is 38.1 Å². The van der Waals surface area contributed by atoms with Gasteiger partial charge in [0.05, 0.1) is 17.8 Å². The number of hydrogen-bond donors (Lipinski definition) is 1. The van der Waals surface area contributed by atoms with Gasteiger partial charge >= 0.3 is 0 Å². The Hall–Kier alpha value is -1.90. The van der Waals surface area contributed by atoms with Gasteiger partial charge in [0.15, 0.2) is 0 Å². The van der Waals surface area contributed by atoms with Crippen LogP contribution in [0.15, 0.2) is 18.2 Å². The molecule has 0 unspecified atom stereocenters. The van der Waals surface area contributed by atoms with Crippen molar-refractivity contribution in [1.82, 2.24) is 4.90 Å². The number of rotatable bonds is 4. The summed E-state index contributed by atoms with van der Waals surface area (Å²) in [6.07, 6.45) is 4.57. The number of carbonyl (C=O) groups is 2. The SMILES string of the molecule is N#Cc1ccc(Cl)cc1NC(=O)CN1CCC[C@H]1[C@@H]1CCCC1=O. The molecule has 0 bridgehead atoms. The zero-order chi connectivity index (χ0) is 17.1. The summed E-state index contributed by atoms with van der Waals surface area (Å²) in [4.78, 5) is 26.5. The largest absolute Gasteiger partial charge is 0.324 e. The van der Waals surface area contributed by atoms with Crippen molar-refractivity contribution in [2.75, 3.05) is 18.4 Å². The van der Waals surface area contributed by atoms with E-state index in [2.05, 4.69) is 10.2 Å². The van der Waals surface area contributed by atoms with Crippen molar-refractivity contribution in [1.29, 1.82) is 5.26 Å². The molecule has 1 saturated heterocycles. The third-order valence-corrected chi connectivity index (χ3v) is 5.19. The van der Waals surface area contributed by atoms with Gasteiger partial charge in [0.2, 0.25) is 5.91 Å². The minimum Gasteiger partial charge on any atom is -0.324 e. The van der Waals surface area contributed by atoms with Crippen molar-refractivity contribution in [3.8, 4) is 6.07 Å². The molecule has 2 fully saturated rings. The first-order chi connectivity index (χ1) is 11.6. The average Bonchev–Trinajstić information content (AvgIpc) is 3.16. The molecular formula is C18H20ClN3O2. The molecule has 1 aliphatic heterocycles. The van der Waals surface area contributed by atoms with E-state index in [1.165, 1.54) is 0 Å². The molecular weight excluding hydrogens is 326 g/mol. The van der Waals surface area contributed by atoms with Gasteiger partial charge in [-0.3, -0.25) is 14.5 Å². The molecule has 3 rings (SSSR count). The van der Waals surface area contributed by atoms with Crippen molar-refractivity contribution < 1.29 is 9.59 Å². The van der Waals surface area contributed by atoms with E-state index in [0.717, 1.165) is 32.2 Å². The molecule has 1 aliphatic carbocycles. The van der Waals surface area contributed by atoms with E-state index in [0.29, 0.717) is 28.5 Å². The number of ketones is 1. The number of halogens is 1. The first-order valence-corrected chi connectivity index (χ1v) is 8.72. The second-order valence-corrected chi connectivity index (χ2v) is 6.93. The number of anilines is 1. The molecule has 1 N–H and O–H groups in total. The lowest BCUT2D eigenvalue weighted by Gasteiger charge is -2.28. The molecule has 24 heavy (non-hydrogen) atoms. The van der Waals surface area contributed by atoms with Crippen molar-refractivity contribution in [3.63, 3.8) is 0 Å². The molecule has 2 aliphatic rings. The van der Waals surface area contributed by atoms with Crippen molar-refractivity contribution in [2.24, 2.45) is 5.92 Å². The van der Waals surface area contributed by atoms with Gasteiger partial charge in [-0.2, -0.15) is 5.26 Å². The predicted octanol–water partition coefficient (Wildman–Crippen LogP) is 2.98. The van der Waals surface area contributed by atoms with Gasteiger partial charge in [0.25, 0.3) is 0 Å². The van der Waals surface area contributed by atoms with Crippen LogP contribution in [-0.4, -0.2) is 35.7 Å². The molecule has 0 radical (unpaired) electrons. The van der Waals surface area contributed by atoms with Crippen molar-refractivity contribution >= 4 is 29.0 Å². The second kappa shape index (κ2) is 7.33. The monoisotopic (exact) mass is 345 g/mol. The maximum Gasteiger partial charge on any atom is 0.238 e. The number of hydrogen-bond acceptors (Lipinski definition) is 4. The Morgan fingerprint density at radius 1 is 1.38 bits per heavy atom. The van der Waals surface area contributed by atoms with Gasteiger partial charge in [0, 0.05) is 23.4 Å². The fourth-order valence-corrected chi connectivity index (χ4v) is 4.02. The third-order valence-electron chi connectivity index (χ3n) is 4.95. The molecule has 1 aromatic rings. The maximum atomic E-state index is 12.4. The summed E-state index contributed by atoms with van der Waals surface area (Å²) in [6.45, 7) is 1.08. The molecule has 0 aromatic heterocycles. The number of amides is 1. The van der Waals surface area contributed by atoms with E-state index >= 15 is 0 Å². The van der Waals surface area contributed by atoms with E-state index in [9.17, 15) is 9.59 Å². The van der Waals surface area contributed by atoms with E-state index in [1.807, 2.05) is 6.07 Å². The van der Waals surface area contributed by atoms with Gasteiger partial charge in [-0.25, -0.2) is 0 Å². The topological polar surface area (TPSA) is 73.2 Å². The van der Waals surface area contributed by atoms with Crippen molar-refractivity contribution in [3.05, 3.63) is 28.8 Å². The highest BCUT2D eigenvalue weighted by atomic mass is 35.5. The Morgan fingerprint density at radius 3 is 2.92 bits per heavy atom. The minimum absolute atomic E-state index is 0.0844. The number of likely N-dealkylation sites (tertiary alicyclic amines) is 1.